The van der Waals surface area contributed by atoms with Crippen molar-refractivity contribution in [1.29, 1.82) is 0 Å². The summed E-state index contributed by atoms with van der Waals surface area (Å²) in [5.41, 5.74) is 4.37. The van der Waals surface area contributed by atoms with E-state index in [1.54, 1.807) is 0 Å². The zero-order valence-corrected chi connectivity index (χ0v) is 13.1. The number of amides is 1. The van der Waals surface area contributed by atoms with Crippen molar-refractivity contribution in [1.82, 2.24) is 14.7 Å². The molecule has 1 amide bonds. The molecular formula is C18H23N3O. The van der Waals surface area contributed by atoms with Crippen LogP contribution in [0.5, 0.6) is 0 Å². The van der Waals surface area contributed by atoms with Gasteiger partial charge in [0.15, 0.2) is 0 Å². The van der Waals surface area contributed by atoms with E-state index < -0.39 is 0 Å². The van der Waals surface area contributed by atoms with Crippen LogP contribution in [0.3, 0.4) is 0 Å². The molecule has 1 aliphatic carbocycles. The van der Waals surface area contributed by atoms with Crippen LogP contribution in [0.4, 0.5) is 0 Å². The number of carbonyl (C=O) groups excluding carboxylic acids is 1. The number of carbonyl (C=O) groups is 1. The van der Waals surface area contributed by atoms with E-state index in [-0.39, 0.29) is 5.91 Å². The van der Waals surface area contributed by atoms with Crippen molar-refractivity contribution in [3.05, 3.63) is 47.4 Å². The van der Waals surface area contributed by atoms with Crippen LogP contribution in [-0.4, -0.2) is 21.8 Å². The molecule has 0 unspecified atom stereocenters. The molecule has 22 heavy (non-hydrogen) atoms. The molecule has 2 heterocycles. The summed E-state index contributed by atoms with van der Waals surface area (Å²) in [6.45, 7) is 2.77. The predicted octanol–water partition coefficient (Wildman–Crippen LogP) is 3.19. The number of nitrogens with zero attached hydrogens (tertiary/aromatic N) is 2. The van der Waals surface area contributed by atoms with E-state index in [2.05, 4.69) is 16.4 Å². The van der Waals surface area contributed by atoms with Crippen LogP contribution in [0.2, 0.25) is 0 Å². The van der Waals surface area contributed by atoms with E-state index in [4.69, 9.17) is 0 Å². The lowest BCUT2D eigenvalue weighted by atomic mass is 9.97. The molecule has 0 bridgehead atoms. The summed E-state index contributed by atoms with van der Waals surface area (Å²) >= 11 is 0. The predicted molar refractivity (Wildman–Crippen MR) is 87.8 cm³/mol. The maximum Gasteiger partial charge on any atom is 0.226 e. The summed E-state index contributed by atoms with van der Waals surface area (Å²) in [7, 11) is 0. The Balaban J connectivity index is 1.52. The van der Waals surface area contributed by atoms with E-state index in [9.17, 15) is 4.79 Å². The highest BCUT2D eigenvalue weighted by molar-refractivity contribution is 5.78. The summed E-state index contributed by atoms with van der Waals surface area (Å²) in [5, 5.41) is 3.01. The number of imidazole rings is 1. The molecule has 0 aliphatic heterocycles. The lowest BCUT2D eigenvalue weighted by Gasteiger charge is -2.12. The van der Waals surface area contributed by atoms with Gasteiger partial charge in [-0.05, 0) is 50.7 Å². The van der Waals surface area contributed by atoms with Gasteiger partial charge in [-0.2, -0.15) is 0 Å². The zero-order chi connectivity index (χ0) is 15.4. The molecular weight excluding hydrogens is 274 g/mol. The molecule has 3 rings (SSSR count). The average molecular weight is 297 g/mol. The fourth-order valence-corrected chi connectivity index (χ4v) is 3.01. The topological polar surface area (TPSA) is 46.4 Å². The Kier molecular flexibility index (Phi) is 4.56. The van der Waals surface area contributed by atoms with Crippen LogP contribution in [0.15, 0.2) is 36.2 Å². The van der Waals surface area contributed by atoms with Crippen LogP contribution < -0.4 is 5.32 Å². The third kappa shape index (κ3) is 3.56. The Bertz CT molecular complexity index is 699. The van der Waals surface area contributed by atoms with Gasteiger partial charge in [0.1, 0.15) is 5.65 Å². The minimum Gasteiger partial charge on any atom is -0.355 e. The molecule has 0 radical (unpaired) electrons. The smallest absolute Gasteiger partial charge is 0.226 e. The highest BCUT2D eigenvalue weighted by Gasteiger charge is 2.09. The van der Waals surface area contributed by atoms with Crippen molar-refractivity contribution in [2.75, 3.05) is 6.54 Å². The third-order valence-electron chi connectivity index (χ3n) is 4.22. The highest BCUT2D eigenvalue weighted by Crippen LogP contribution is 2.19. The maximum absolute atomic E-state index is 12.0. The van der Waals surface area contributed by atoms with E-state index in [0.717, 1.165) is 29.9 Å². The summed E-state index contributed by atoms with van der Waals surface area (Å²) < 4.78 is 1.98. The number of fused-ring (bicyclic) bond motifs is 1. The first kappa shape index (κ1) is 14.8. The Morgan fingerprint density at radius 3 is 3.09 bits per heavy atom. The van der Waals surface area contributed by atoms with Gasteiger partial charge in [-0.25, -0.2) is 4.98 Å². The Morgan fingerprint density at radius 1 is 1.41 bits per heavy atom. The van der Waals surface area contributed by atoms with Crippen molar-refractivity contribution in [2.24, 2.45) is 0 Å². The Morgan fingerprint density at radius 2 is 2.32 bits per heavy atom. The minimum atomic E-state index is 0.0532. The Labute approximate surface area is 131 Å². The fourth-order valence-electron chi connectivity index (χ4n) is 3.01. The van der Waals surface area contributed by atoms with E-state index >= 15 is 0 Å². The van der Waals surface area contributed by atoms with Gasteiger partial charge in [-0.1, -0.05) is 17.7 Å². The second kappa shape index (κ2) is 6.77. The molecule has 1 N–H and O–H groups in total. The van der Waals surface area contributed by atoms with Crippen LogP contribution >= 0.6 is 0 Å². The summed E-state index contributed by atoms with van der Waals surface area (Å²) in [6, 6.07) is 4.02. The molecule has 116 valence electrons. The van der Waals surface area contributed by atoms with Crippen molar-refractivity contribution in [2.45, 2.75) is 45.4 Å². The molecule has 2 aromatic heterocycles. The molecule has 0 atom stereocenters. The number of aromatic nitrogens is 2. The maximum atomic E-state index is 12.0. The number of allylic oxidation sites excluding steroid dienone is 1. The molecule has 1 aliphatic rings. The van der Waals surface area contributed by atoms with Crippen LogP contribution in [0.25, 0.3) is 5.65 Å². The average Bonchev–Trinajstić information content (AvgIpc) is 2.92. The van der Waals surface area contributed by atoms with Gasteiger partial charge >= 0.3 is 0 Å². The number of aryl methyl sites for hydroxylation is 1. The Hall–Kier alpha value is -2.10. The lowest BCUT2D eigenvalue weighted by molar-refractivity contribution is -0.120. The number of hydrogen-bond donors (Lipinski definition) is 1. The largest absolute Gasteiger partial charge is 0.355 e. The number of pyridine rings is 1. The van der Waals surface area contributed by atoms with Gasteiger partial charge in [-0.15, -0.1) is 0 Å². The van der Waals surface area contributed by atoms with E-state index in [0.29, 0.717) is 6.42 Å². The van der Waals surface area contributed by atoms with Crippen LogP contribution in [0, 0.1) is 6.92 Å². The molecule has 0 saturated heterocycles. The molecule has 4 nitrogen and oxygen atoms in total. The second-order valence-corrected chi connectivity index (χ2v) is 6.04. The van der Waals surface area contributed by atoms with E-state index in [1.165, 1.54) is 31.3 Å². The minimum absolute atomic E-state index is 0.0532. The quantitative estimate of drug-likeness (QED) is 0.862. The first-order valence-electron chi connectivity index (χ1n) is 8.10. The van der Waals surface area contributed by atoms with Crippen LogP contribution in [0.1, 0.15) is 43.4 Å². The van der Waals surface area contributed by atoms with Gasteiger partial charge in [-0.3, -0.25) is 4.79 Å². The van der Waals surface area contributed by atoms with Gasteiger partial charge in [0.25, 0.3) is 0 Å². The monoisotopic (exact) mass is 297 g/mol. The van der Waals surface area contributed by atoms with Gasteiger partial charge in [0.2, 0.25) is 5.91 Å². The molecule has 0 saturated carbocycles. The normalized spacial score (nSPS) is 14.9. The second-order valence-electron chi connectivity index (χ2n) is 6.04. The summed E-state index contributed by atoms with van der Waals surface area (Å²) in [5.74, 6) is 0.0532. The van der Waals surface area contributed by atoms with Crippen LogP contribution in [-0.2, 0) is 11.2 Å². The lowest BCUT2D eigenvalue weighted by Crippen LogP contribution is -2.26. The number of hydrogen-bond acceptors (Lipinski definition) is 2. The first-order chi connectivity index (χ1) is 10.7. The molecule has 0 spiro atoms. The van der Waals surface area contributed by atoms with Crippen molar-refractivity contribution in [3.8, 4) is 0 Å². The highest BCUT2D eigenvalue weighted by atomic mass is 16.1. The van der Waals surface area contributed by atoms with Crippen molar-refractivity contribution in [3.63, 3.8) is 0 Å². The standard InChI is InChI=1S/C18H23N3O/c1-14-6-5-11-21-13-16(20-18(14)21)12-17(22)19-10-9-15-7-3-2-4-8-15/h5-7,11,13H,2-4,8-10,12H2,1H3,(H,19,22). The third-order valence-corrected chi connectivity index (χ3v) is 4.22. The van der Waals surface area contributed by atoms with Gasteiger partial charge < -0.3 is 9.72 Å². The molecule has 0 aromatic carbocycles. The van der Waals surface area contributed by atoms with Gasteiger partial charge in [0.05, 0.1) is 12.1 Å². The fraction of sp³-hybridized carbons (Fsp3) is 0.444. The van der Waals surface area contributed by atoms with Crippen molar-refractivity contribution >= 4 is 11.6 Å². The van der Waals surface area contributed by atoms with Crippen molar-refractivity contribution < 1.29 is 4.79 Å². The number of nitrogens with one attached hydrogen (secondary N) is 1. The van der Waals surface area contributed by atoms with E-state index in [1.807, 2.05) is 35.9 Å². The molecule has 0 fully saturated rings. The molecule has 4 heteroatoms. The molecule has 2 aromatic rings. The SMILES string of the molecule is Cc1cccn2cc(CC(=O)NCCC3=CCCCC3)nc12. The summed E-state index contributed by atoms with van der Waals surface area (Å²) in [4.78, 5) is 16.6. The van der Waals surface area contributed by atoms with Gasteiger partial charge in [0, 0.05) is 18.9 Å². The summed E-state index contributed by atoms with van der Waals surface area (Å²) in [6.07, 6.45) is 12.6. The number of rotatable bonds is 5. The zero-order valence-electron chi connectivity index (χ0n) is 13.1. The first-order valence-corrected chi connectivity index (χ1v) is 8.10.